The third-order valence-corrected chi connectivity index (χ3v) is 6.13. The monoisotopic (exact) mass is 204 g/mol. The van der Waals surface area contributed by atoms with E-state index in [2.05, 4.69) is 33.8 Å². The van der Waals surface area contributed by atoms with Crippen LogP contribution in [0.5, 0.6) is 0 Å². The zero-order valence-corrected chi connectivity index (χ0v) is 10.6. The molecule has 3 rings (SSSR count). The zero-order chi connectivity index (χ0) is 10.8. The maximum absolute atomic E-state index is 2.57. The van der Waals surface area contributed by atoms with E-state index in [1.165, 1.54) is 25.7 Å². The Balaban J connectivity index is 2.03. The van der Waals surface area contributed by atoms with Crippen LogP contribution >= 0.6 is 0 Å². The summed E-state index contributed by atoms with van der Waals surface area (Å²) in [6, 6.07) is 0. The van der Waals surface area contributed by atoms with Crippen LogP contribution in [0.25, 0.3) is 0 Å². The second kappa shape index (κ2) is 2.70. The van der Waals surface area contributed by atoms with Crippen LogP contribution in [0, 0.1) is 28.6 Å². The highest BCUT2D eigenvalue weighted by atomic mass is 14.7. The summed E-state index contributed by atoms with van der Waals surface area (Å²) in [5.74, 6) is 2.92. The number of fused-ring (bicyclic) bond motifs is 3. The van der Waals surface area contributed by atoms with E-state index >= 15 is 0 Å². The van der Waals surface area contributed by atoms with Gasteiger partial charge in [0.2, 0.25) is 0 Å². The highest BCUT2D eigenvalue weighted by Crippen LogP contribution is 2.74. The highest BCUT2D eigenvalue weighted by molar-refractivity contribution is 5.31. The lowest BCUT2D eigenvalue weighted by Crippen LogP contribution is -2.36. The molecule has 2 saturated carbocycles. The molecule has 0 spiro atoms. The van der Waals surface area contributed by atoms with Crippen molar-refractivity contribution in [2.75, 3.05) is 0 Å². The van der Waals surface area contributed by atoms with Gasteiger partial charge in [-0.25, -0.2) is 0 Å². The molecule has 0 aromatic heterocycles. The van der Waals surface area contributed by atoms with E-state index < -0.39 is 0 Å². The molecule has 3 aliphatic rings. The van der Waals surface area contributed by atoms with Crippen LogP contribution in [0.2, 0.25) is 0 Å². The van der Waals surface area contributed by atoms with Crippen molar-refractivity contribution in [2.24, 2.45) is 28.6 Å². The van der Waals surface area contributed by atoms with E-state index in [4.69, 9.17) is 0 Å². The molecule has 0 heteroatoms. The zero-order valence-electron chi connectivity index (χ0n) is 10.6. The van der Waals surface area contributed by atoms with Crippen molar-refractivity contribution < 1.29 is 0 Å². The van der Waals surface area contributed by atoms with Crippen LogP contribution < -0.4 is 0 Å². The van der Waals surface area contributed by atoms with Gasteiger partial charge in [-0.05, 0) is 54.3 Å². The molecule has 0 aromatic carbocycles. The van der Waals surface area contributed by atoms with Crippen LogP contribution in [-0.2, 0) is 0 Å². The van der Waals surface area contributed by atoms with E-state index in [9.17, 15) is 0 Å². The van der Waals surface area contributed by atoms with Gasteiger partial charge >= 0.3 is 0 Å². The molecule has 0 saturated heterocycles. The Morgan fingerprint density at radius 3 is 2.67 bits per heavy atom. The lowest BCUT2D eigenvalue weighted by atomic mass is 9.60. The van der Waals surface area contributed by atoms with Gasteiger partial charge in [-0.2, -0.15) is 0 Å². The minimum atomic E-state index is 0.560. The molecule has 4 atom stereocenters. The first-order chi connectivity index (χ1) is 6.99. The van der Waals surface area contributed by atoms with Crippen LogP contribution in [0.15, 0.2) is 11.6 Å². The molecular weight excluding hydrogens is 180 g/mol. The molecule has 0 N–H and O–H groups in total. The smallest absolute Gasteiger partial charge is 0.00544 e. The van der Waals surface area contributed by atoms with Gasteiger partial charge in [-0.3, -0.25) is 0 Å². The predicted molar refractivity (Wildman–Crippen MR) is 64.6 cm³/mol. The Morgan fingerprint density at radius 1 is 1.20 bits per heavy atom. The third kappa shape index (κ3) is 1.04. The second-order valence-corrected chi connectivity index (χ2v) is 6.93. The van der Waals surface area contributed by atoms with Crippen molar-refractivity contribution in [1.82, 2.24) is 0 Å². The molecule has 2 fully saturated rings. The molecule has 3 aliphatic carbocycles. The van der Waals surface area contributed by atoms with Gasteiger partial charge in [0.15, 0.2) is 0 Å². The molecule has 1 unspecified atom stereocenters. The Kier molecular flexibility index (Phi) is 1.79. The Morgan fingerprint density at radius 2 is 1.93 bits per heavy atom. The maximum atomic E-state index is 2.57. The lowest BCUT2D eigenvalue weighted by molar-refractivity contribution is 0.147. The number of allylic oxidation sites excluding steroid dienone is 2. The molecule has 0 bridgehead atoms. The first-order valence-electron chi connectivity index (χ1n) is 6.68. The molecule has 0 nitrogen and oxygen atoms in total. The normalized spacial score (nSPS) is 51.5. The molecule has 0 amide bonds. The van der Waals surface area contributed by atoms with E-state index in [1.54, 1.807) is 0 Å². The molecular formula is C15H24. The molecule has 0 aromatic rings. The third-order valence-electron chi connectivity index (χ3n) is 6.13. The summed E-state index contributed by atoms with van der Waals surface area (Å²) in [7, 11) is 0. The first kappa shape index (κ1) is 9.93. The average molecular weight is 204 g/mol. The lowest BCUT2D eigenvalue weighted by Gasteiger charge is -2.45. The molecule has 0 radical (unpaired) electrons. The number of rotatable bonds is 0. The van der Waals surface area contributed by atoms with E-state index in [0.29, 0.717) is 10.8 Å². The van der Waals surface area contributed by atoms with Crippen LogP contribution in [-0.4, -0.2) is 0 Å². The second-order valence-electron chi connectivity index (χ2n) is 6.93. The van der Waals surface area contributed by atoms with Crippen molar-refractivity contribution in [1.29, 1.82) is 0 Å². The predicted octanol–water partition coefficient (Wildman–Crippen LogP) is 4.42. The number of hydrogen-bond donors (Lipinski definition) is 0. The summed E-state index contributed by atoms with van der Waals surface area (Å²) < 4.78 is 0. The quantitative estimate of drug-likeness (QED) is 0.513. The van der Waals surface area contributed by atoms with Crippen LogP contribution in [0.3, 0.4) is 0 Å². The van der Waals surface area contributed by atoms with Crippen molar-refractivity contribution in [2.45, 2.75) is 53.4 Å². The summed E-state index contributed by atoms with van der Waals surface area (Å²) in [5, 5.41) is 0. The SMILES string of the molecule is C[C@@H]1CCC=C2CC[C@H]3[C@H](C3(C)C)C21C. The van der Waals surface area contributed by atoms with Crippen LogP contribution in [0.4, 0.5) is 0 Å². The summed E-state index contributed by atoms with van der Waals surface area (Å²) in [4.78, 5) is 0. The van der Waals surface area contributed by atoms with Gasteiger partial charge in [-0.1, -0.05) is 39.3 Å². The summed E-state index contributed by atoms with van der Waals surface area (Å²) in [6.07, 6.45) is 8.19. The minimum Gasteiger partial charge on any atom is -0.0847 e. The molecule has 0 aliphatic heterocycles. The van der Waals surface area contributed by atoms with Gasteiger partial charge in [0.05, 0.1) is 0 Å². The Hall–Kier alpha value is -0.260. The fourth-order valence-corrected chi connectivity index (χ4v) is 5.01. The van der Waals surface area contributed by atoms with Gasteiger partial charge < -0.3 is 0 Å². The molecule has 0 heterocycles. The maximum Gasteiger partial charge on any atom is -0.00544 e. The fourth-order valence-electron chi connectivity index (χ4n) is 5.01. The Labute approximate surface area is 94.1 Å². The number of hydrogen-bond acceptors (Lipinski definition) is 0. The fraction of sp³-hybridized carbons (Fsp3) is 0.867. The topological polar surface area (TPSA) is 0 Å². The molecule has 15 heavy (non-hydrogen) atoms. The Bertz CT molecular complexity index is 323. The summed E-state index contributed by atoms with van der Waals surface area (Å²) >= 11 is 0. The summed E-state index contributed by atoms with van der Waals surface area (Å²) in [6.45, 7) is 10.0. The van der Waals surface area contributed by atoms with Crippen molar-refractivity contribution in [3.63, 3.8) is 0 Å². The van der Waals surface area contributed by atoms with E-state index in [-0.39, 0.29) is 0 Å². The standard InChI is InChI=1S/C15H24/c1-10-6-5-7-11-8-9-12-13(14(12,2)3)15(10,11)4/h7,10,12-13H,5-6,8-9H2,1-4H3/t10-,12+,13-,15?/m1/s1. The first-order valence-corrected chi connectivity index (χ1v) is 6.68. The van der Waals surface area contributed by atoms with E-state index in [0.717, 1.165) is 17.8 Å². The van der Waals surface area contributed by atoms with Gasteiger partial charge in [0.1, 0.15) is 0 Å². The van der Waals surface area contributed by atoms with E-state index in [1.807, 2.05) is 5.57 Å². The average Bonchev–Trinajstić information content (AvgIpc) is 2.73. The van der Waals surface area contributed by atoms with Crippen LogP contribution in [0.1, 0.15) is 53.4 Å². The minimum absolute atomic E-state index is 0.560. The van der Waals surface area contributed by atoms with Gasteiger partial charge in [-0.15, -0.1) is 0 Å². The highest BCUT2D eigenvalue weighted by Gasteiger charge is 2.68. The van der Waals surface area contributed by atoms with Crippen molar-refractivity contribution in [3.05, 3.63) is 11.6 Å². The van der Waals surface area contributed by atoms with Gasteiger partial charge in [0, 0.05) is 0 Å². The summed E-state index contributed by atoms with van der Waals surface area (Å²) in [5.41, 5.74) is 3.01. The van der Waals surface area contributed by atoms with Crippen molar-refractivity contribution in [3.8, 4) is 0 Å². The van der Waals surface area contributed by atoms with Crippen molar-refractivity contribution >= 4 is 0 Å². The largest absolute Gasteiger partial charge is 0.0847 e. The van der Waals surface area contributed by atoms with Gasteiger partial charge in [0.25, 0.3) is 0 Å². The molecule has 84 valence electrons.